The fraction of sp³-hybridized carbons (Fsp3) is 1.00. The molecule has 0 aliphatic rings. The molecule has 0 aromatic heterocycles. The maximum atomic E-state index is 2.21. The molecule has 0 rings (SSSR count). The van der Waals surface area contributed by atoms with Gasteiger partial charge in [0.1, 0.15) is 0 Å². The quantitative estimate of drug-likeness (QED) is 0.447. The van der Waals surface area contributed by atoms with Gasteiger partial charge in [-0.05, 0) is 12.8 Å². The van der Waals surface area contributed by atoms with Crippen LogP contribution in [-0.2, 0) is 0 Å². The van der Waals surface area contributed by atoms with Crippen molar-refractivity contribution in [3.8, 4) is 0 Å². The number of rotatable bonds is 1. The van der Waals surface area contributed by atoms with Crippen molar-refractivity contribution in [2.24, 2.45) is 0 Å². The van der Waals surface area contributed by atoms with Gasteiger partial charge in [-0.25, -0.2) is 0 Å². The molecule has 0 heterocycles. The Hall–Kier alpha value is 0.430. The van der Waals surface area contributed by atoms with Crippen molar-refractivity contribution in [2.75, 3.05) is 12.8 Å². The molecule has 0 fully saturated rings. The van der Waals surface area contributed by atoms with E-state index in [-0.39, 0.29) is 44.6 Å². The second kappa shape index (κ2) is 211. The minimum Gasteiger partial charge on any atom is -0.126 e. The lowest BCUT2D eigenvalue weighted by Gasteiger charge is -1.69. The summed E-state index contributed by atoms with van der Waals surface area (Å²) in [5.74, 6) is 0. The molecule has 0 aromatic carbocycles. The molecular weight excluding hydrogens is 163 g/mol. The summed E-state index contributed by atoms with van der Waals surface area (Å²) in [6.07, 6.45) is 1.35. The molecule has 1 unspecified atom stereocenters. The molecule has 0 saturated carbocycles. The van der Waals surface area contributed by atoms with Crippen LogP contribution in [0.3, 0.4) is 0 Å². The summed E-state index contributed by atoms with van der Waals surface area (Å²) in [6.45, 7) is 8.40. The Morgan fingerprint density at radius 3 is 0.833 bits per heavy atom. The van der Waals surface area contributed by atoms with E-state index in [0.717, 1.165) is 8.58 Å². The molecule has 0 aromatic rings. The van der Waals surface area contributed by atoms with Gasteiger partial charge < -0.3 is 0 Å². The summed E-state index contributed by atoms with van der Waals surface area (Å²) in [7, 11) is 1.14. The van der Waals surface area contributed by atoms with Gasteiger partial charge in [0.25, 0.3) is 0 Å². The SMILES string of the molecule is C.C.C.C.C.C.CC.CCPC. The van der Waals surface area contributed by atoms with Crippen LogP contribution in [0.2, 0.25) is 0 Å². The van der Waals surface area contributed by atoms with E-state index in [4.69, 9.17) is 0 Å². The molecular formula is C11H39P. The molecule has 0 nitrogen and oxygen atoms in total. The lowest BCUT2D eigenvalue weighted by atomic mass is 11.0. The first-order valence-corrected chi connectivity index (χ1v) is 4.27. The smallest absolute Gasteiger partial charge is 0.0385 e. The van der Waals surface area contributed by atoms with E-state index in [1.807, 2.05) is 13.8 Å². The van der Waals surface area contributed by atoms with Gasteiger partial charge in [-0.3, -0.25) is 0 Å². The topological polar surface area (TPSA) is 0 Å². The van der Waals surface area contributed by atoms with Crippen LogP contribution in [0.25, 0.3) is 0 Å². The van der Waals surface area contributed by atoms with Gasteiger partial charge in [0.2, 0.25) is 0 Å². The maximum Gasteiger partial charge on any atom is -0.0385 e. The van der Waals surface area contributed by atoms with Crippen molar-refractivity contribution in [3.05, 3.63) is 0 Å². The molecule has 0 radical (unpaired) electrons. The lowest BCUT2D eigenvalue weighted by molar-refractivity contribution is 1.50. The van der Waals surface area contributed by atoms with Crippen molar-refractivity contribution < 1.29 is 0 Å². The zero-order chi connectivity index (χ0) is 5.41. The first kappa shape index (κ1) is 82.7. The van der Waals surface area contributed by atoms with Gasteiger partial charge in [-0.1, -0.05) is 65.3 Å². The van der Waals surface area contributed by atoms with E-state index in [0.29, 0.717) is 0 Å². The standard InChI is InChI=1S/C3H9P.C2H6.6CH4/c1-3-4-2;1-2;;;;;;/h4H,3H2,1-2H3;1-2H3;6*1H4. The van der Waals surface area contributed by atoms with Gasteiger partial charge >= 0.3 is 0 Å². The molecule has 0 aliphatic carbocycles. The highest BCUT2D eigenvalue weighted by Crippen LogP contribution is 1.95. The third-order valence-corrected chi connectivity index (χ3v) is 1.06. The van der Waals surface area contributed by atoms with E-state index in [1.54, 1.807) is 0 Å². The molecule has 1 atom stereocenters. The van der Waals surface area contributed by atoms with E-state index in [9.17, 15) is 0 Å². The van der Waals surface area contributed by atoms with Gasteiger partial charge in [0.15, 0.2) is 0 Å². The average Bonchev–Trinajstić information content (AvgIpc) is 1.72. The van der Waals surface area contributed by atoms with Crippen LogP contribution in [0.5, 0.6) is 0 Å². The Kier molecular flexibility index (Phi) is 1450. The summed E-state index contributed by atoms with van der Waals surface area (Å²) < 4.78 is 0. The highest BCUT2D eigenvalue weighted by Gasteiger charge is 1.55. The second-order valence-electron chi connectivity index (χ2n) is 0.707. The zero-order valence-corrected chi connectivity index (χ0v) is 6.21. The molecule has 12 heavy (non-hydrogen) atoms. The van der Waals surface area contributed by atoms with Crippen molar-refractivity contribution in [1.82, 2.24) is 0 Å². The van der Waals surface area contributed by atoms with Crippen LogP contribution in [0.1, 0.15) is 65.3 Å². The molecule has 0 bridgehead atoms. The summed E-state index contributed by atoms with van der Waals surface area (Å²) in [6, 6.07) is 0. The molecule has 0 N–H and O–H groups in total. The molecule has 0 spiro atoms. The largest absolute Gasteiger partial charge is 0.126 e. The van der Waals surface area contributed by atoms with E-state index in [1.165, 1.54) is 6.16 Å². The van der Waals surface area contributed by atoms with Crippen LogP contribution >= 0.6 is 8.58 Å². The Bertz CT molecular complexity index is 6.97. The lowest BCUT2D eigenvalue weighted by Crippen LogP contribution is -1.47. The number of hydrogen-bond acceptors (Lipinski definition) is 0. The normalized spacial score (nSPS) is 4.00. The van der Waals surface area contributed by atoms with Crippen LogP contribution < -0.4 is 0 Å². The Labute approximate surface area is 87.3 Å². The number of hydrogen-bond donors (Lipinski definition) is 0. The van der Waals surface area contributed by atoms with Crippen molar-refractivity contribution in [3.63, 3.8) is 0 Å². The highest BCUT2D eigenvalue weighted by atomic mass is 31.1. The monoisotopic (exact) mass is 202 g/mol. The zero-order valence-electron chi connectivity index (χ0n) is 5.21. The molecule has 88 valence electrons. The summed E-state index contributed by atoms with van der Waals surface area (Å²) in [5.41, 5.74) is 0. The maximum absolute atomic E-state index is 2.21. The van der Waals surface area contributed by atoms with Crippen molar-refractivity contribution in [2.45, 2.75) is 65.3 Å². The minimum absolute atomic E-state index is 0. The Balaban J connectivity index is -0.00000000317. The third kappa shape index (κ3) is 454. The Morgan fingerprint density at radius 1 is 0.750 bits per heavy atom. The van der Waals surface area contributed by atoms with Crippen molar-refractivity contribution >= 4 is 8.58 Å². The minimum atomic E-state index is 0. The summed E-state index contributed by atoms with van der Waals surface area (Å²) in [4.78, 5) is 0. The molecule has 0 saturated heterocycles. The summed E-state index contributed by atoms with van der Waals surface area (Å²) in [5, 5.41) is 0. The van der Waals surface area contributed by atoms with Crippen LogP contribution in [0, 0.1) is 0 Å². The van der Waals surface area contributed by atoms with Crippen LogP contribution in [0.4, 0.5) is 0 Å². The second-order valence-corrected chi connectivity index (χ2v) is 2.12. The predicted octanol–water partition coefficient (Wildman–Crippen LogP) is 6.16. The third-order valence-electron chi connectivity index (χ3n) is 0.354. The van der Waals surface area contributed by atoms with E-state index < -0.39 is 0 Å². The first-order chi connectivity index (χ1) is 2.91. The molecule has 0 aliphatic heterocycles. The molecule has 1 heteroatoms. The Morgan fingerprint density at radius 2 is 0.833 bits per heavy atom. The van der Waals surface area contributed by atoms with Crippen molar-refractivity contribution in [1.29, 1.82) is 0 Å². The highest BCUT2D eigenvalue weighted by molar-refractivity contribution is 7.36. The fourth-order valence-corrected chi connectivity index (χ4v) is 0. The van der Waals surface area contributed by atoms with E-state index >= 15 is 0 Å². The summed E-state index contributed by atoms with van der Waals surface area (Å²) >= 11 is 0. The fourth-order valence-electron chi connectivity index (χ4n) is 0. The first-order valence-electron chi connectivity index (χ1n) is 2.56. The van der Waals surface area contributed by atoms with Crippen LogP contribution in [-0.4, -0.2) is 12.8 Å². The average molecular weight is 202 g/mol. The predicted molar refractivity (Wildman–Crippen MR) is 76.5 cm³/mol. The molecule has 0 amide bonds. The van der Waals surface area contributed by atoms with Crippen LogP contribution in [0.15, 0.2) is 0 Å². The van der Waals surface area contributed by atoms with E-state index in [2.05, 4.69) is 13.6 Å². The van der Waals surface area contributed by atoms with Gasteiger partial charge in [-0.2, -0.15) is 0 Å². The van der Waals surface area contributed by atoms with Gasteiger partial charge in [-0.15, -0.1) is 8.58 Å². The van der Waals surface area contributed by atoms with Gasteiger partial charge in [0.05, 0.1) is 0 Å². The van der Waals surface area contributed by atoms with Gasteiger partial charge in [0, 0.05) is 0 Å².